The van der Waals surface area contributed by atoms with Gasteiger partial charge in [-0.25, -0.2) is 8.42 Å². The van der Waals surface area contributed by atoms with Crippen molar-refractivity contribution in [2.24, 2.45) is 5.73 Å². The predicted molar refractivity (Wildman–Crippen MR) is 110 cm³/mol. The number of hydrogen-bond acceptors (Lipinski definition) is 4. The van der Waals surface area contributed by atoms with Crippen LogP contribution in [-0.4, -0.2) is 25.1 Å². The molecular formula is C21H21N3O3S. The number of anilines is 1. The van der Waals surface area contributed by atoms with Crippen molar-refractivity contribution in [2.45, 2.75) is 13.5 Å². The molecule has 0 saturated heterocycles. The maximum atomic E-state index is 12.7. The number of primary amides is 1. The van der Waals surface area contributed by atoms with Crippen LogP contribution in [0, 0.1) is 0 Å². The minimum Gasteiger partial charge on any atom is -0.366 e. The lowest BCUT2D eigenvalue weighted by atomic mass is 10.0. The van der Waals surface area contributed by atoms with E-state index in [-0.39, 0.29) is 12.3 Å². The van der Waals surface area contributed by atoms with Gasteiger partial charge in [0.2, 0.25) is 15.9 Å². The standard InChI is InChI=1S/C21H21N3O3S/c1-2-28(26,27)24(15-16-5-4-12-23-14-16)20-7-3-6-19(13-20)17-8-10-18(11-9-17)21(22)25/h3-14H,2,15H2,1H3,(H2,22,25). The van der Waals surface area contributed by atoms with Crippen LogP contribution >= 0.6 is 0 Å². The van der Waals surface area contributed by atoms with Crippen LogP contribution in [0.4, 0.5) is 5.69 Å². The molecule has 0 atom stereocenters. The van der Waals surface area contributed by atoms with E-state index in [0.29, 0.717) is 11.3 Å². The molecule has 2 aromatic carbocycles. The first-order valence-electron chi connectivity index (χ1n) is 8.80. The van der Waals surface area contributed by atoms with Gasteiger partial charge in [0.25, 0.3) is 0 Å². The average Bonchev–Trinajstić information content (AvgIpc) is 2.73. The number of amides is 1. The zero-order chi connectivity index (χ0) is 20.1. The third-order valence-electron chi connectivity index (χ3n) is 4.39. The molecule has 1 aromatic heterocycles. The van der Waals surface area contributed by atoms with E-state index in [1.54, 1.807) is 55.7 Å². The van der Waals surface area contributed by atoms with Gasteiger partial charge in [0, 0.05) is 18.0 Å². The molecule has 0 fully saturated rings. The van der Waals surface area contributed by atoms with Gasteiger partial charge in [-0.2, -0.15) is 0 Å². The van der Waals surface area contributed by atoms with E-state index in [1.165, 1.54) is 4.31 Å². The van der Waals surface area contributed by atoms with Gasteiger partial charge in [0.15, 0.2) is 0 Å². The summed E-state index contributed by atoms with van der Waals surface area (Å²) in [6, 6.07) is 17.8. The Morgan fingerprint density at radius 2 is 1.79 bits per heavy atom. The van der Waals surface area contributed by atoms with E-state index in [9.17, 15) is 13.2 Å². The van der Waals surface area contributed by atoms with Gasteiger partial charge in [0.1, 0.15) is 0 Å². The first-order chi connectivity index (χ1) is 13.4. The first-order valence-corrected chi connectivity index (χ1v) is 10.4. The van der Waals surface area contributed by atoms with Crippen molar-refractivity contribution >= 4 is 21.6 Å². The monoisotopic (exact) mass is 395 g/mol. The molecule has 1 heterocycles. The molecule has 0 bridgehead atoms. The van der Waals surface area contributed by atoms with E-state index in [4.69, 9.17) is 5.73 Å². The average molecular weight is 395 g/mol. The highest BCUT2D eigenvalue weighted by Gasteiger charge is 2.21. The molecule has 7 heteroatoms. The Morgan fingerprint density at radius 1 is 1.04 bits per heavy atom. The van der Waals surface area contributed by atoms with E-state index in [0.717, 1.165) is 16.7 Å². The maximum absolute atomic E-state index is 12.7. The third-order valence-corrected chi connectivity index (χ3v) is 6.13. The fourth-order valence-electron chi connectivity index (χ4n) is 2.83. The van der Waals surface area contributed by atoms with Gasteiger partial charge in [-0.1, -0.05) is 30.3 Å². The van der Waals surface area contributed by atoms with E-state index >= 15 is 0 Å². The molecule has 0 radical (unpaired) electrons. The number of pyridine rings is 1. The number of aromatic nitrogens is 1. The van der Waals surface area contributed by atoms with Crippen LogP contribution in [0.2, 0.25) is 0 Å². The van der Waals surface area contributed by atoms with Crippen molar-refractivity contribution in [1.82, 2.24) is 4.98 Å². The second kappa shape index (κ2) is 8.22. The summed E-state index contributed by atoms with van der Waals surface area (Å²) in [4.78, 5) is 15.3. The second-order valence-corrected chi connectivity index (χ2v) is 8.44. The second-order valence-electron chi connectivity index (χ2n) is 6.26. The smallest absolute Gasteiger partial charge is 0.248 e. The molecule has 1 amide bonds. The summed E-state index contributed by atoms with van der Waals surface area (Å²) < 4.78 is 26.8. The Morgan fingerprint density at radius 3 is 2.39 bits per heavy atom. The molecule has 144 valence electrons. The van der Waals surface area contributed by atoms with Crippen LogP contribution in [0.1, 0.15) is 22.8 Å². The summed E-state index contributed by atoms with van der Waals surface area (Å²) in [6.07, 6.45) is 3.31. The highest BCUT2D eigenvalue weighted by atomic mass is 32.2. The number of nitrogens with zero attached hydrogens (tertiary/aromatic N) is 2. The lowest BCUT2D eigenvalue weighted by Crippen LogP contribution is -2.31. The Labute approximate surface area is 164 Å². The zero-order valence-electron chi connectivity index (χ0n) is 15.4. The number of nitrogens with two attached hydrogens (primary N) is 1. The summed E-state index contributed by atoms with van der Waals surface area (Å²) in [6.45, 7) is 1.83. The Balaban J connectivity index is 1.99. The number of carbonyl (C=O) groups is 1. The van der Waals surface area contributed by atoms with Crippen molar-refractivity contribution < 1.29 is 13.2 Å². The molecule has 0 aliphatic rings. The molecule has 0 spiro atoms. The summed E-state index contributed by atoms with van der Waals surface area (Å²) >= 11 is 0. The minimum absolute atomic E-state index is 0.00913. The van der Waals surface area contributed by atoms with Gasteiger partial charge < -0.3 is 5.73 Å². The number of sulfonamides is 1. The number of carbonyl (C=O) groups excluding carboxylic acids is 1. The molecule has 0 aliphatic carbocycles. The lowest BCUT2D eigenvalue weighted by Gasteiger charge is -2.24. The molecular weight excluding hydrogens is 374 g/mol. The third kappa shape index (κ3) is 4.37. The Bertz CT molecular complexity index is 1070. The molecule has 3 rings (SSSR count). The summed E-state index contributed by atoms with van der Waals surface area (Å²) in [5.74, 6) is -0.498. The number of rotatable bonds is 7. The van der Waals surface area contributed by atoms with E-state index < -0.39 is 15.9 Å². The van der Waals surface area contributed by atoms with Gasteiger partial charge in [-0.3, -0.25) is 14.1 Å². The van der Waals surface area contributed by atoms with Crippen LogP contribution in [0.15, 0.2) is 73.1 Å². The van der Waals surface area contributed by atoms with Gasteiger partial charge in [0.05, 0.1) is 18.0 Å². The predicted octanol–water partition coefficient (Wildman–Crippen LogP) is 3.20. The van der Waals surface area contributed by atoms with Crippen LogP contribution in [-0.2, 0) is 16.6 Å². The van der Waals surface area contributed by atoms with Gasteiger partial charge in [-0.15, -0.1) is 0 Å². The summed E-state index contributed by atoms with van der Waals surface area (Å²) in [5.41, 5.74) is 8.79. The topological polar surface area (TPSA) is 93.4 Å². The van der Waals surface area contributed by atoms with E-state index in [1.807, 2.05) is 24.3 Å². The largest absolute Gasteiger partial charge is 0.366 e. The van der Waals surface area contributed by atoms with Crippen molar-refractivity contribution in [2.75, 3.05) is 10.1 Å². The molecule has 28 heavy (non-hydrogen) atoms. The fourth-order valence-corrected chi connectivity index (χ4v) is 3.92. The van der Waals surface area contributed by atoms with Crippen LogP contribution in [0.25, 0.3) is 11.1 Å². The van der Waals surface area contributed by atoms with Crippen LogP contribution in [0.3, 0.4) is 0 Å². The maximum Gasteiger partial charge on any atom is 0.248 e. The highest BCUT2D eigenvalue weighted by Crippen LogP contribution is 2.28. The van der Waals surface area contributed by atoms with Crippen molar-refractivity contribution in [3.8, 4) is 11.1 Å². The van der Waals surface area contributed by atoms with Gasteiger partial charge >= 0.3 is 0 Å². The van der Waals surface area contributed by atoms with Crippen LogP contribution in [0.5, 0.6) is 0 Å². The van der Waals surface area contributed by atoms with Crippen molar-refractivity contribution in [1.29, 1.82) is 0 Å². The minimum atomic E-state index is -3.48. The lowest BCUT2D eigenvalue weighted by molar-refractivity contribution is 0.100. The van der Waals surface area contributed by atoms with Crippen LogP contribution < -0.4 is 10.0 Å². The summed E-state index contributed by atoms with van der Waals surface area (Å²) in [7, 11) is -3.48. The molecule has 0 unspecified atom stereocenters. The van der Waals surface area contributed by atoms with Crippen molar-refractivity contribution in [3.05, 3.63) is 84.2 Å². The molecule has 0 aliphatic heterocycles. The number of hydrogen-bond donors (Lipinski definition) is 1. The molecule has 2 N–H and O–H groups in total. The Kier molecular flexibility index (Phi) is 5.75. The fraction of sp³-hybridized carbons (Fsp3) is 0.143. The number of benzene rings is 2. The molecule has 0 saturated carbocycles. The Hall–Kier alpha value is -3.19. The quantitative estimate of drug-likeness (QED) is 0.665. The summed E-state index contributed by atoms with van der Waals surface area (Å²) in [5, 5.41) is 0. The first kappa shape index (κ1) is 19.6. The van der Waals surface area contributed by atoms with Gasteiger partial charge in [-0.05, 0) is 53.9 Å². The normalized spacial score (nSPS) is 11.2. The SMILES string of the molecule is CCS(=O)(=O)N(Cc1cccnc1)c1cccc(-c2ccc(C(N)=O)cc2)c1. The molecule has 3 aromatic rings. The molecule has 6 nitrogen and oxygen atoms in total. The van der Waals surface area contributed by atoms with E-state index in [2.05, 4.69) is 4.98 Å². The van der Waals surface area contributed by atoms with Crippen molar-refractivity contribution in [3.63, 3.8) is 0 Å². The zero-order valence-corrected chi connectivity index (χ0v) is 16.3. The highest BCUT2D eigenvalue weighted by molar-refractivity contribution is 7.92.